The van der Waals surface area contributed by atoms with Gasteiger partial charge < -0.3 is 5.32 Å². The van der Waals surface area contributed by atoms with Crippen LogP contribution in [0.4, 0.5) is 5.69 Å². The Labute approximate surface area is 156 Å². The highest BCUT2D eigenvalue weighted by atomic mass is 16.1. The molecule has 0 aliphatic heterocycles. The van der Waals surface area contributed by atoms with E-state index in [2.05, 4.69) is 20.8 Å². The number of amides is 1. The van der Waals surface area contributed by atoms with E-state index in [9.17, 15) is 4.79 Å². The number of hydrogen-bond donors (Lipinski definition) is 1. The maximum Gasteiger partial charge on any atom is 0.228 e. The number of rotatable bonds is 5. The highest BCUT2D eigenvalue weighted by Crippen LogP contribution is 2.27. The van der Waals surface area contributed by atoms with E-state index in [1.165, 1.54) is 6.33 Å². The fourth-order valence-corrected chi connectivity index (χ4v) is 2.89. The second-order valence-electron chi connectivity index (χ2n) is 6.06. The minimum atomic E-state index is -0.0615. The topological polar surface area (TPSA) is 72.7 Å². The molecule has 132 valence electrons. The van der Waals surface area contributed by atoms with Gasteiger partial charge in [-0.25, -0.2) is 4.68 Å². The molecule has 4 aromatic rings. The maximum atomic E-state index is 12.5. The Kier molecular flexibility index (Phi) is 4.70. The number of aromatic nitrogens is 4. The number of nitrogens with one attached hydrogen (secondary N) is 1. The van der Waals surface area contributed by atoms with Gasteiger partial charge in [0, 0.05) is 11.3 Å². The van der Waals surface area contributed by atoms with Crippen LogP contribution in [-0.4, -0.2) is 26.1 Å². The van der Waals surface area contributed by atoms with Gasteiger partial charge in [-0.1, -0.05) is 60.7 Å². The largest absolute Gasteiger partial charge is 0.325 e. The predicted octanol–water partition coefficient (Wildman–Crippen LogP) is 3.51. The van der Waals surface area contributed by atoms with Gasteiger partial charge in [-0.3, -0.25) is 4.79 Å². The van der Waals surface area contributed by atoms with E-state index in [1.54, 1.807) is 4.68 Å². The van der Waals surface area contributed by atoms with Gasteiger partial charge in [-0.2, -0.15) is 0 Å². The van der Waals surface area contributed by atoms with Crippen LogP contribution in [0.2, 0.25) is 0 Å². The Morgan fingerprint density at radius 2 is 1.63 bits per heavy atom. The van der Waals surface area contributed by atoms with Crippen molar-refractivity contribution in [3.63, 3.8) is 0 Å². The Bertz CT molecular complexity index is 1030. The smallest absolute Gasteiger partial charge is 0.228 e. The zero-order valence-corrected chi connectivity index (χ0v) is 14.5. The molecule has 0 atom stereocenters. The molecule has 0 aliphatic carbocycles. The van der Waals surface area contributed by atoms with Crippen LogP contribution in [0.25, 0.3) is 16.8 Å². The van der Waals surface area contributed by atoms with Crippen molar-refractivity contribution in [2.24, 2.45) is 0 Å². The van der Waals surface area contributed by atoms with Gasteiger partial charge in [0.15, 0.2) is 0 Å². The van der Waals surface area contributed by atoms with Crippen LogP contribution in [0.15, 0.2) is 85.2 Å². The van der Waals surface area contributed by atoms with E-state index < -0.39 is 0 Å². The molecule has 0 saturated heterocycles. The summed E-state index contributed by atoms with van der Waals surface area (Å²) in [6.07, 6.45) is 1.82. The molecule has 1 amide bonds. The lowest BCUT2D eigenvalue weighted by atomic mass is 10.0. The molecule has 0 aliphatic rings. The molecule has 1 N–H and O–H groups in total. The summed E-state index contributed by atoms with van der Waals surface area (Å²) >= 11 is 0. The van der Waals surface area contributed by atoms with E-state index >= 15 is 0 Å². The van der Waals surface area contributed by atoms with Crippen molar-refractivity contribution in [3.05, 3.63) is 90.8 Å². The first kappa shape index (κ1) is 16.7. The number of carbonyl (C=O) groups is 1. The number of benzene rings is 3. The highest BCUT2D eigenvalue weighted by molar-refractivity contribution is 5.96. The van der Waals surface area contributed by atoms with Gasteiger partial charge >= 0.3 is 0 Å². The molecule has 1 aromatic heterocycles. The SMILES string of the molecule is O=C(Cc1ccc(-n2cnnn2)cc1)Nc1ccccc1-c1ccccc1. The zero-order valence-electron chi connectivity index (χ0n) is 14.5. The van der Waals surface area contributed by atoms with E-state index in [0.29, 0.717) is 6.42 Å². The average Bonchev–Trinajstić information content (AvgIpc) is 3.24. The third-order valence-electron chi connectivity index (χ3n) is 4.20. The number of anilines is 1. The molecule has 0 unspecified atom stereocenters. The summed E-state index contributed by atoms with van der Waals surface area (Å²) in [6.45, 7) is 0. The standard InChI is InChI=1S/C21H17N5O/c27-21(14-16-10-12-18(13-11-16)26-15-22-24-25-26)23-20-9-5-4-8-19(20)17-6-2-1-3-7-17/h1-13,15H,14H2,(H,23,27). The fourth-order valence-electron chi connectivity index (χ4n) is 2.89. The van der Waals surface area contributed by atoms with Crippen molar-refractivity contribution in [2.45, 2.75) is 6.42 Å². The van der Waals surface area contributed by atoms with E-state index in [1.807, 2.05) is 78.9 Å². The lowest BCUT2D eigenvalue weighted by Gasteiger charge is -2.11. The minimum Gasteiger partial charge on any atom is -0.325 e. The molecular formula is C21H17N5O. The van der Waals surface area contributed by atoms with Crippen molar-refractivity contribution in [1.29, 1.82) is 0 Å². The van der Waals surface area contributed by atoms with Crippen LogP contribution >= 0.6 is 0 Å². The van der Waals surface area contributed by atoms with Gasteiger partial charge in [0.2, 0.25) is 5.91 Å². The van der Waals surface area contributed by atoms with E-state index in [4.69, 9.17) is 0 Å². The Hall–Kier alpha value is -3.80. The zero-order chi connectivity index (χ0) is 18.5. The predicted molar refractivity (Wildman–Crippen MR) is 103 cm³/mol. The van der Waals surface area contributed by atoms with Crippen LogP contribution in [0, 0.1) is 0 Å². The molecule has 0 radical (unpaired) electrons. The first-order valence-corrected chi connectivity index (χ1v) is 8.56. The number of hydrogen-bond acceptors (Lipinski definition) is 4. The lowest BCUT2D eigenvalue weighted by Crippen LogP contribution is -2.15. The summed E-state index contributed by atoms with van der Waals surface area (Å²) in [5.41, 5.74) is 4.64. The third-order valence-corrected chi connectivity index (χ3v) is 4.20. The molecule has 27 heavy (non-hydrogen) atoms. The van der Waals surface area contributed by atoms with Gasteiger partial charge in [-0.15, -0.1) is 5.10 Å². The molecule has 6 nitrogen and oxygen atoms in total. The third kappa shape index (κ3) is 3.90. The van der Waals surface area contributed by atoms with Crippen molar-refractivity contribution < 1.29 is 4.79 Å². The molecule has 0 bridgehead atoms. The fraction of sp³-hybridized carbons (Fsp3) is 0.0476. The second-order valence-corrected chi connectivity index (χ2v) is 6.06. The van der Waals surface area contributed by atoms with Crippen molar-refractivity contribution in [2.75, 3.05) is 5.32 Å². The summed E-state index contributed by atoms with van der Waals surface area (Å²) in [4.78, 5) is 12.5. The average molecular weight is 355 g/mol. The number of para-hydroxylation sites is 1. The first-order valence-electron chi connectivity index (χ1n) is 8.56. The second kappa shape index (κ2) is 7.61. The molecule has 1 heterocycles. The quantitative estimate of drug-likeness (QED) is 0.595. The number of nitrogens with zero attached hydrogens (tertiary/aromatic N) is 4. The van der Waals surface area contributed by atoms with Gasteiger partial charge in [0.05, 0.1) is 12.1 Å². The van der Waals surface area contributed by atoms with Gasteiger partial charge in [0.1, 0.15) is 6.33 Å². The number of carbonyl (C=O) groups excluding carboxylic acids is 1. The summed E-state index contributed by atoms with van der Waals surface area (Å²) in [5.74, 6) is -0.0615. The summed E-state index contributed by atoms with van der Waals surface area (Å²) < 4.78 is 1.57. The van der Waals surface area contributed by atoms with Gasteiger partial charge in [-0.05, 0) is 39.8 Å². The summed E-state index contributed by atoms with van der Waals surface area (Å²) in [5, 5.41) is 14.1. The Morgan fingerprint density at radius 1 is 0.889 bits per heavy atom. The van der Waals surface area contributed by atoms with E-state index in [0.717, 1.165) is 28.1 Å². The van der Waals surface area contributed by atoms with Crippen molar-refractivity contribution in [1.82, 2.24) is 20.2 Å². The first-order chi connectivity index (χ1) is 13.3. The highest BCUT2D eigenvalue weighted by Gasteiger charge is 2.09. The van der Waals surface area contributed by atoms with Crippen LogP contribution < -0.4 is 5.32 Å². The molecular weight excluding hydrogens is 338 g/mol. The lowest BCUT2D eigenvalue weighted by molar-refractivity contribution is -0.115. The van der Waals surface area contributed by atoms with Gasteiger partial charge in [0.25, 0.3) is 0 Å². The van der Waals surface area contributed by atoms with Crippen molar-refractivity contribution in [3.8, 4) is 16.8 Å². The number of tetrazole rings is 1. The van der Waals surface area contributed by atoms with Crippen LogP contribution in [0.3, 0.4) is 0 Å². The molecule has 0 saturated carbocycles. The van der Waals surface area contributed by atoms with Crippen LogP contribution in [-0.2, 0) is 11.2 Å². The Balaban J connectivity index is 1.47. The normalized spacial score (nSPS) is 10.5. The molecule has 6 heteroatoms. The van der Waals surface area contributed by atoms with Crippen LogP contribution in [0.5, 0.6) is 0 Å². The monoisotopic (exact) mass is 355 g/mol. The minimum absolute atomic E-state index is 0.0615. The Morgan fingerprint density at radius 3 is 2.37 bits per heavy atom. The molecule has 4 rings (SSSR count). The molecule has 0 spiro atoms. The van der Waals surface area contributed by atoms with Crippen LogP contribution in [0.1, 0.15) is 5.56 Å². The summed E-state index contributed by atoms with van der Waals surface area (Å²) in [6, 6.07) is 25.4. The maximum absolute atomic E-state index is 12.5. The molecule has 0 fully saturated rings. The van der Waals surface area contributed by atoms with Crippen molar-refractivity contribution >= 4 is 11.6 Å². The summed E-state index contributed by atoms with van der Waals surface area (Å²) in [7, 11) is 0. The van der Waals surface area contributed by atoms with E-state index in [-0.39, 0.29) is 5.91 Å². The molecule has 3 aromatic carbocycles.